The summed E-state index contributed by atoms with van der Waals surface area (Å²) in [5.74, 6) is 1.40. The average molecular weight is 509 g/mol. The van der Waals surface area contributed by atoms with Crippen LogP contribution in [0.3, 0.4) is 0 Å². The van der Waals surface area contributed by atoms with Crippen LogP contribution in [0.15, 0.2) is 65.1 Å². The molecule has 0 aliphatic carbocycles. The summed E-state index contributed by atoms with van der Waals surface area (Å²) in [6.45, 7) is 4.49. The molecule has 0 unspecified atom stereocenters. The first kappa shape index (κ1) is 23.0. The fourth-order valence-electron chi connectivity index (χ4n) is 3.01. The molecule has 0 fully saturated rings. The molecule has 0 saturated carbocycles. The van der Waals surface area contributed by atoms with E-state index in [-0.39, 0.29) is 0 Å². The highest BCUT2D eigenvalue weighted by Crippen LogP contribution is 2.37. The molecule has 3 aromatic carbocycles. The Morgan fingerprint density at radius 3 is 2.43 bits per heavy atom. The van der Waals surface area contributed by atoms with Crippen molar-refractivity contribution >= 4 is 39.1 Å². The highest BCUT2D eigenvalue weighted by molar-refractivity contribution is 9.10. The second kappa shape index (κ2) is 11.6. The van der Waals surface area contributed by atoms with Gasteiger partial charge in [-0.3, -0.25) is 0 Å². The topological polar surface area (TPSA) is 30.5 Å². The lowest BCUT2D eigenvalue weighted by Gasteiger charge is -2.16. The van der Waals surface area contributed by atoms with E-state index in [9.17, 15) is 0 Å². The number of benzene rings is 3. The zero-order valence-corrected chi connectivity index (χ0v) is 19.9. The molecular formula is C24H24BrCl2NO2. The molecule has 0 saturated heterocycles. The van der Waals surface area contributed by atoms with Crippen molar-refractivity contribution in [2.24, 2.45) is 0 Å². The molecular weight excluding hydrogens is 485 g/mol. The Morgan fingerprint density at radius 2 is 1.70 bits per heavy atom. The molecule has 0 heterocycles. The molecule has 1 N–H and O–H groups in total. The number of rotatable bonds is 10. The SMILES string of the molecule is CCOc1cc(CNCCc2ccc(Cl)cc2)cc(Br)c1OCc1ccccc1Cl. The molecule has 3 rings (SSSR count). The summed E-state index contributed by atoms with van der Waals surface area (Å²) in [5.41, 5.74) is 3.30. The molecule has 0 atom stereocenters. The van der Waals surface area contributed by atoms with Crippen molar-refractivity contribution in [2.75, 3.05) is 13.2 Å². The summed E-state index contributed by atoms with van der Waals surface area (Å²) in [6.07, 6.45) is 0.940. The van der Waals surface area contributed by atoms with E-state index in [4.69, 9.17) is 32.7 Å². The van der Waals surface area contributed by atoms with Crippen LogP contribution in [0.5, 0.6) is 11.5 Å². The molecule has 3 nitrogen and oxygen atoms in total. The van der Waals surface area contributed by atoms with E-state index in [2.05, 4.69) is 39.4 Å². The first-order valence-corrected chi connectivity index (χ1v) is 11.4. The summed E-state index contributed by atoms with van der Waals surface area (Å²) >= 11 is 15.8. The van der Waals surface area contributed by atoms with Crippen LogP contribution in [0.25, 0.3) is 0 Å². The van der Waals surface area contributed by atoms with Crippen molar-refractivity contribution in [3.05, 3.63) is 91.9 Å². The summed E-state index contributed by atoms with van der Waals surface area (Å²) in [5, 5.41) is 4.93. The zero-order chi connectivity index (χ0) is 21.3. The normalized spacial score (nSPS) is 10.8. The maximum Gasteiger partial charge on any atom is 0.175 e. The molecule has 0 aliphatic rings. The van der Waals surface area contributed by atoms with Crippen LogP contribution in [0.1, 0.15) is 23.6 Å². The lowest BCUT2D eigenvalue weighted by atomic mass is 10.1. The minimum atomic E-state index is 0.372. The van der Waals surface area contributed by atoms with E-state index in [1.807, 2.05) is 49.4 Å². The summed E-state index contributed by atoms with van der Waals surface area (Å²) < 4.78 is 12.7. The zero-order valence-electron chi connectivity index (χ0n) is 16.8. The minimum absolute atomic E-state index is 0.372. The van der Waals surface area contributed by atoms with Crippen molar-refractivity contribution in [1.29, 1.82) is 0 Å². The molecule has 0 radical (unpaired) electrons. The van der Waals surface area contributed by atoms with Gasteiger partial charge in [0, 0.05) is 22.2 Å². The molecule has 30 heavy (non-hydrogen) atoms. The largest absolute Gasteiger partial charge is 0.490 e. The van der Waals surface area contributed by atoms with Gasteiger partial charge in [0.1, 0.15) is 6.61 Å². The Morgan fingerprint density at radius 1 is 0.933 bits per heavy atom. The molecule has 0 bridgehead atoms. The second-order valence-corrected chi connectivity index (χ2v) is 8.47. The van der Waals surface area contributed by atoms with Gasteiger partial charge in [0.15, 0.2) is 11.5 Å². The summed E-state index contributed by atoms with van der Waals surface area (Å²) in [6, 6.07) is 19.7. The fraction of sp³-hybridized carbons (Fsp3) is 0.250. The number of hydrogen-bond acceptors (Lipinski definition) is 3. The van der Waals surface area contributed by atoms with Crippen LogP contribution < -0.4 is 14.8 Å². The van der Waals surface area contributed by atoms with Gasteiger partial charge in [0.2, 0.25) is 0 Å². The van der Waals surface area contributed by atoms with Crippen molar-refractivity contribution in [3.63, 3.8) is 0 Å². The third kappa shape index (κ3) is 6.64. The van der Waals surface area contributed by atoms with Crippen LogP contribution in [0.2, 0.25) is 10.0 Å². The maximum absolute atomic E-state index is 6.24. The Bertz CT molecular complexity index is 964. The second-order valence-electron chi connectivity index (χ2n) is 6.77. The van der Waals surface area contributed by atoms with Crippen LogP contribution in [-0.2, 0) is 19.6 Å². The van der Waals surface area contributed by atoms with Gasteiger partial charge in [0.25, 0.3) is 0 Å². The van der Waals surface area contributed by atoms with Gasteiger partial charge in [-0.15, -0.1) is 0 Å². The van der Waals surface area contributed by atoms with Gasteiger partial charge in [-0.1, -0.05) is 53.5 Å². The maximum atomic E-state index is 6.24. The monoisotopic (exact) mass is 507 g/mol. The highest BCUT2D eigenvalue weighted by Gasteiger charge is 2.13. The van der Waals surface area contributed by atoms with Gasteiger partial charge in [-0.05, 0) is 77.3 Å². The van der Waals surface area contributed by atoms with Crippen LogP contribution in [0.4, 0.5) is 0 Å². The van der Waals surface area contributed by atoms with Gasteiger partial charge in [-0.25, -0.2) is 0 Å². The van der Waals surface area contributed by atoms with Crippen molar-refractivity contribution < 1.29 is 9.47 Å². The van der Waals surface area contributed by atoms with Gasteiger partial charge < -0.3 is 14.8 Å². The van der Waals surface area contributed by atoms with E-state index in [1.54, 1.807) is 0 Å². The van der Waals surface area contributed by atoms with Gasteiger partial charge in [-0.2, -0.15) is 0 Å². The quantitative estimate of drug-likeness (QED) is 0.297. The van der Waals surface area contributed by atoms with Gasteiger partial charge in [0.05, 0.1) is 11.1 Å². The minimum Gasteiger partial charge on any atom is -0.490 e. The first-order chi connectivity index (χ1) is 14.6. The number of ether oxygens (including phenoxy) is 2. The van der Waals surface area contributed by atoms with E-state index in [0.717, 1.165) is 40.1 Å². The standard InChI is InChI=1S/C24H24BrCl2NO2/c1-2-29-23-14-18(15-28-12-11-17-7-9-20(26)10-8-17)13-21(25)24(23)30-16-19-5-3-4-6-22(19)27/h3-10,13-14,28H,2,11-12,15-16H2,1H3. The summed E-state index contributed by atoms with van der Waals surface area (Å²) in [4.78, 5) is 0. The Labute approximate surface area is 196 Å². The van der Waals surface area contributed by atoms with Crippen LogP contribution in [0, 0.1) is 0 Å². The fourth-order valence-corrected chi connectivity index (χ4v) is 3.93. The lowest BCUT2D eigenvalue weighted by Crippen LogP contribution is -2.17. The predicted octanol–water partition coefficient (Wildman–Crippen LogP) is 7.07. The molecule has 0 amide bonds. The van der Waals surface area contributed by atoms with E-state index >= 15 is 0 Å². The number of halogens is 3. The van der Waals surface area contributed by atoms with Gasteiger partial charge >= 0.3 is 0 Å². The molecule has 0 aliphatic heterocycles. The van der Waals surface area contributed by atoms with Crippen molar-refractivity contribution in [1.82, 2.24) is 5.32 Å². The van der Waals surface area contributed by atoms with Crippen molar-refractivity contribution in [2.45, 2.75) is 26.5 Å². The Kier molecular flexibility index (Phi) is 8.88. The molecule has 0 aromatic heterocycles. The Hall–Kier alpha value is -1.72. The van der Waals surface area contributed by atoms with E-state index < -0.39 is 0 Å². The lowest BCUT2D eigenvalue weighted by molar-refractivity contribution is 0.267. The highest BCUT2D eigenvalue weighted by atomic mass is 79.9. The molecule has 6 heteroatoms. The van der Waals surface area contributed by atoms with Crippen molar-refractivity contribution in [3.8, 4) is 11.5 Å². The predicted molar refractivity (Wildman–Crippen MR) is 128 cm³/mol. The average Bonchev–Trinajstić information content (AvgIpc) is 2.73. The first-order valence-electron chi connectivity index (χ1n) is 9.83. The summed E-state index contributed by atoms with van der Waals surface area (Å²) in [7, 11) is 0. The third-order valence-electron chi connectivity index (χ3n) is 4.53. The number of hydrogen-bond donors (Lipinski definition) is 1. The van der Waals surface area contributed by atoms with E-state index in [0.29, 0.717) is 29.7 Å². The smallest absolute Gasteiger partial charge is 0.175 e. The van der Waals surface area contributed by atoms with E-state index in [1.165, 1.54) is 5.56 Å². The van der Waals surface area contributed by atoms with Crippen LogP contribution in [-0.4, -0.2) is 13.2 Å². The molecule has 158 valence electrons. The third-order valence-corrected chi connectivity index (χ3v) is 5.74. The molecule has 0 spiro atoms. The van der Waals surface area contributed by atoms with Crippen LogP contribution >= 0.6 is 39.1 Å². The molecule has 3 aromatic rings. The number of nitrogens with one attached hydrogen (secondary N) is 1. The Balaban J connectivity index is 1.61.